The van der Waals surface area contributed by atoms with Crippen LogP contribution in [-0.4, -0.2) is 6.54 Å². The molecule has 1 unspecified atom stereocenters. The molecule has 2 heteroatoms. The second kappa shape index (κ2) is 6.77. The number of rotatable bonds is 6. The molecule has 0 saturated carbocycles. The van der Waals surface area contributed by atoms with Gasteiger partial charge in [0.25, 0.3) is 0 Å². The van der Waals surface area contributed by atoms with Gasteiger partial charge in [0.1, 0.15) is 11.9 Å². The van der Waals surface area contributed by atoms with E-state index in [1.165, 1.54) is 5.56 Å². The van der Waals surface area contributed by atoms with E-state index in [0.29, 0.717) is 6.54 Å². The molecule has 0 bridgehead atoms. The van der Waals surface area contributed by atoms with Crippen molar-refractivity contribution in [2.45, 2.75) is 38.7 Å². The summed E-state index contributed by atoms with van der Waals surface area (Å²) in [5, 5.41) is 0. The Balaban J connectivity index is 2.12. The van der Waals surface area contributed by atoms with Gasteiger partial charge in [-0.3, -0.25) is 0 Å². The highest BCUT2D eigenvalue weighted by Crippen LogP contribution is 2.29. The van der Waals surface area contributed by atoms with Crippen molar-refractivity contribution < 1.29 is 4.74 Å². The third-order valence-corrected chi connectivity index (χ3v) is 4.18. The van der Waals surface area contributed by atoms with E-state index in [-0.39, 0.29) is 11.5 Å². The third-order valence-electron chi connectivity index (χ3n) is 4.18. The number of nitrogens with two attached hydrogens (primary N) is 1. The van der Waals surface area contributed by atoms with Crippen LogP contribution in [0.5, 0.6) is 5.75 Å². The molecule has 2 rings (SSSR count). The molecule has 0 heterocycles. The Labute approximate surface area is 127 Å². The normalized spacial score (nSPS) is 13.0. The van der Waals surface area contributed by atoms with Gasteiger partial charge in [0, 0.05) is 6.54 Å². The molecule has 0 radical (unpaired) electrons. The topological polar surface area (TPSA) is 35.2 Å². The Kier molecular flexibility index (Phi) is 5.03. The molecule has 0 aromatic heterocycles. The van der Waals surface area contributed by atoms with Crippen molar-refractivity contribution in [3.63, 3.8) is 0 Å². The van der Waals surface area contributed by atoms with Crippen LogP contribution in [0.1, 0.15) is 44.4 Å². The van der Waals surface area contributed by atoms with Crippen LogP contribution >= 0.6 is 0 Å². The lowest BCUT2D eigenvalue weighted by atomic mass is 9.82. The fourth-order valence-electron chi connectivity index (χ4n) is 2.27. The lowest BCUT2D eigenvalue weighted by Gasteiger charge is -2.24. The van der Waals surface area contributed by atoms with Gasteiger partial charge >= 0.3 is 0 Å². The van der Waals surface area contributed by atoms with Crippen LogP contribution in [0.15, 0.2) is 54.6 Å². The van der Waals surface area contributed by atoms with Gasteiger partial charge in [-0.2, -0.15) is 0 Å². The zero-order valence-electron chi connectivity index (χ0n) is 13.2. The minimum absolute atomic E-state index is 0.101. The molecule has 0 saturated heterocycles. The monoisotopic (exact) mass is 283 g/mol. The number of hydrogen-bond acceptors (Lipinski definition) is 2. The van der Waals surface area contributed by atoms with Crippen molar-refractivity contribution in [1.82, 2.24) is 0 Å². The molecule has 0 aliphatic heterocycles. The van der Waals surface area contributed by atoms with Crippen molar-refractivity contribution in [2.75, 3.05) is 6.54 Å². The van der Waals surface area contributed by atoms with Gasteiger partial charge in [-0.1, -0.05) is 63.2 Å². The molecule has 0 aliphatic rings. The predicted molar refractivity (Wildman–Crippen MR) is 88.6 cm³/mol. The Morgan fingerprint density at radius 2 is 1.62 bits per heavy atom. The highest BCUT2D eigenvalue weighted by molar-refractivity contribution is 5.32. The standard InChI is InChI=1S/C19H25NO/c1-4-19(2,3)16-10-12-17(13-11-16)21-18(14-20)15-8-6-5-7-9-15/h5-13,18H,4,14,20H2,1-3H3. The minimum atomic E-state index is -0.101. The Morgan fingerprint density at radius 1 is 1.00 bits per heavy atom. The summed E-state index contributed by atoms with van der Waals surface area (Å²) in [7, 11) is 0. The number of ether oxygens (including phenoxy) is 1. The number of hydrogen-bond donors (Lipinski definition) is 1. The van der Waals surface area contributed by atoms with E-state index in [1.54, 1.807) is 0 Å². The molecule has 112 valence electrons. The predicted octanol–water partition coefficient (Wildman–Crippen LogP) is 4.45. The zero-order valence-corrected chi connectivity index (χ0v) is 13.2. The minimum Gasteiger partial charge on any atom is -0.484 e. The van der Waals surface area contributed by atoms with Crippen LogP contribution in [0.2, 0.25) is 0 Å². The van der Waals surface area contributed by atoms with E-state index in [9.17, 15) is 0 Å². The van der Waals surface area contributed by atoms with Crippen molar-refractivity contribution >= 4 is 0 Å². The first-order chi connectivity index (χ1) is 10.1. The van der Waals surface area contributed by atoms with Crippen LogP contribution in [0.4, 0.5) is 0 Å². The van der Waals surface area contributed by atoms with Crippen molar-refractivity contribution in [2.24, 2.45) is 5.73 Å². The second-order valence-corrected chi connectivity index (χ2v) is 6.01. The fraction of sp³-hybridized carbons (Fsp3) is 0.368. The molecular formula is C19H25NO. The van der Waals surface area contributed by atoms with Gasteiger partial charge in [-0.05, 0) is 35.1 Å². The van der Waals surface area contributed by atoms with Gasteiger partial charge in [-0.15, -0.1) is 0 Å². The van der Waals surface area contributed by atoms with Crippen LogP contribution in [0.3, 0.4) is 0 Å². The largest absolute Gasteiger partial charge is 0.484 e. The molecule has 21 heavy (non-hydrogen) atoms. The molecule has 2 aromatic rings. The maximum absolute atomic E-state index is 6.03. The van der Waals surface area contributed by atoms with Crippen LogP contribution in [0.25, 0.3) is 0 Å². The van der Waals surface area contributed by atoms with E-state index in [2.05, 4.69) is 32.9 Å². The molecular weight excluding hydrogens is 258 g/mol. The summed E-state index contributed by atoms with van der Waals surface area (Å²) >= 11 is 0. The maximum Gasteiger partial charge on any atom is 0.136 e. The van der Waals surface area contributed by atoms with Crippen LogP contribution in [-0.2, 0) is 5.41 Å². The van der Waals surface area contributed by atoms with E-state index in [4.69, 9.17) is 10.5 Å². The second-order valence-electron chi connectivity index (χ2n) is 6.01. The molecule has 1 atom stereocenters. The molecule has 2 aromatic carbocycles. The molecule has 0 spiro atoms. The molecule has 0 aliphatic carbocycles. The van der Waals surface area contributed by atoms with Crippen molar-refractivity contribution in [3.8, 4) is 5.75 Å². The van der Waals surface area contributed by atoms with Crippen LogP contribution < -0.4 is 10.5 Å². The Hall–Kier alpha value is -1.80. The lowest BCUT2D eigenvalue weighted by Crippen LogP contribution is -2.18. The first-order valence-corrected chi connectivity index (χ1v) is 7.59. The number of benzene rings is 2. The molecule has 0 amide bonds. The molecule has 2 nitrogen and oxygen atoms in total. The average molecular weight is 283 g/mol. The zero-order chi connectivity index (χ0) is 15.3. The summed E-state index contributed by atoms with van der Waals surface area (Å²) in [6.45, 7) is 7.20. The average Bonchev–Trinajstić information content (AvgIpc) is 2.54. The van der Waals surface area contributed by atoms with Crippen molar-refractivity contribution in [1.29, 1.82) is 0 Å². The Bertz CT molecular complexity index is 546. The van der Waals surface area contributed by atoms with E-state index in [1.807, 2.05) is 42.5 Å². The van der Waals surface area contributed by atoms with Crippen molar-refractivity contribution in [3.05, 3.63) is 65.7 Å². The van der Waals surface area contributed by atoms with Gasteiger partial charge < -0.3 is 10.5 Å². The summed E-state index contributed by atoms with van der Waals surface area (Å²) in [4.78, 5) is 0. The highest BCUT2D eigenvalue weighted by atomic mass is 16.5. The summed E-state index contributed by atoms with van der Waals surface area (Å²) in [6, 6.07) is 18.5. The lowest BCUT2D eigenvalue weighted by molar-refractivity contribution is 0.214. The van der Waals surface area contributed by atoms with E-state index < -0.39 is 0 Å². The smallest absolute Gasteiger partial charge is 0.136 e. The molecule has 2 N–H and O–H groups in total. The summed E-state index contributed by atoms with van der Waals surface area (Å²) in [5.74, 6) is 0.866. The van der Waals surface area contributed by atoms with Gasteiger partial charge in [0.2, 0.25) is 0 Å². The SMILES string of the molecule is CCC(C)(C)c1ccc(OC(CN)c2ccccc2)cc1. The summed E-state index contributed by atoms with van der Waals surface area (Å²) < 4.78 is 6.03. The van der Waals surface area contributed by atoms with E-state index in [0.717, 1.165) is 17.7 Å². The summed E-state index contributed by atoms with van der Waals surface area (Å²) in [6.07, 6.45) is 1.01. The van der Waals surface area contributed by atoms with Gasteiger partial charge in [0.15, 0.2) is 0 Å². The first-order valence-electron chi connectivity index (χ1n) is 7.59. The van der Waals surface area contributed by atoms with Gasteiger partial charge in [-0.25, -0.2) is 0 Å². The van der Waals surface area contributed by atoms with Crippen LogP contribution in [0, 0.1) is 0 Å². The van der Waals surface area contributed by atoms with E-state index >= 15 is 0 Å². The third kappa shape index (κ3) is 3.85. The fourth-order valence-corrected chi connectivity index (χ4v) is 2.27. The first kappa shape index (κ1) is 15.6. The van der Waals surface area contributed by atoms with Gasteiger partial charge in [0.05, 0.1) is 0 Å². The molecule has 0 fully saturated rings. The quantitative estimate of drug-likeness (QED) is 0.850. The summed E-state index contributed by atoms with van der Waals surface area (Å²) in [5.41, 5.74) is 8.49. The maximum atomic E-state index is 6.03. The Morgan fingerprint density at radius 3 is 2.14 bits per heavy atom. The highest BCUT2D eigenvalue weighted by Gasteiger charge is 2.18.